The zero-order chi connectivity index (χ0) is 41.7. The summed E-state index contributed by atoms with van der Waals surface area (Å²) in [5.74, 6) is 0. The molecule has 63 heavy (non-hydrogen) atoms. The molecule has 0 unspecified atom stereocenters. The van der Waals surface area contributed by atoms with Crippen molar-refractivity contribution < 1.29 is 0 Å². The van der Waals surface area contributed by atoms with Crippen LogP contribution < -0.4 is 4.90 Å². The molecule has 0 atom stereocenters. The largest absolute Gasteiger partial charge is 0.310 e. The van der Waals surface area contributed by atoms with Crippen LogP contribution in [-0.4, -0.2) is 4.57 Å². The van der Waals surface area contributed by atoms with E-state index in [0.29, 0.717) is 0 Å². The second-order valence-electron chi connectivity index (χ2n) is 16.1. The number of para-hydroxylation sites is 1. The third-order valence-corrected chi connectivity index (χ3v) is 13.5. The zero-order valence-electron chi connectivity index (χ0n) is 34.4. The van der Waals surface area contributed by atoms with Gasteiger partial charge in [0.05, 0.1) is 16.7 Å². The van der Waals surface area contributed by atoms with E-state index in [0.717, 1.165) is 33.9 Å². The van der Waals surface area contributed by atoms with Crippen molar-refractivity contribution in [1.82, 2.24) is 4.57 Å². The van der Waals surface area contributed by atoms with Gasteiger partial charge < -0.3 is 9.47 Å². The van der Waals surface area contributed by atoms with E-state index in [9.17, 15) is 0 Å². The van der Waals surface area contributed by atoms with Crippen LogP contribution in [0.3, 0.4) is 0 Å². The van der Waals surface area contributed by atoms with Gasteiger partial charge in [-0.3, -0.25) is 0 Å². The number of aromatic nitrogens is 1. The van der Waals surface area contributed by atoms with Gasteiger partial charge in [0.2, 0.25) is 0 Å². The van der Waals surface area contributed by atoms with Gasteiger partial charge in [-0.15, -0.1) is 11.3 Å². The lowest BCUT2D eigenvalue weighted by molar-refractivity contribution is 1.18. The molecule has 296 valence electrons. The van der Waals surface area contributed by atoms with E-state index in [4.69, 9.17) is 0 Å². The predicted octanol–water partition coefficient (Wildman–Crippen LogP) is 17.3. The highest BCUT2D eigenvalue weighted by molar-refractivity contribution is 7.25. The summed E-state index contributed by atoms with van der Waals surface area (Å²) in [7, 11) is 0. The molecule has 0 saturated carbocycles. The van der Waals surface area contributed by atoms with Gasteiger partial charge in [0, 0.05) is 53.6 Å². The van der Waals surface area contributed by atoms with Gasteiger partial charge in [-0.25, -0.2) is 0 Å². The second-order valence-corrected chi connectivity index (χ2v) is 17.2. The van der Waals surface area contributed by atoms with Gasteiger partial charge in [0.25, 0.3) is 0 Å². The summed E-state index contributed by atoms with van der Waals surface area (Å²) in [4.78, 5) is 2.42. The van der Waals surface area contributed by atoms with Gasteiger partial charge in [-0.1, -0.05) is 176 Å². The number of hydrogen-bond donors (Lipinski definition) is 0. The molecule has 2 aromatic heterocycles. The number of hydrogen-bond acceptors (Lipinski definition) is 2. The number of thiophene rings is 1. The Labute approximate surface area is 370 Å². The molecular formula is C60H40N2S. The van der Waals surface area contributed by atoms with Crippen molar-refractivity contribution >= 4 is 70.4 Å². The SMILES string of the molecule is c1ccc(-c2cccc(N(c3cccc(-c4ccccc4-n4c5cc(-c6ccccc6)ccc5c5ccc(-c6ccccc6)cc54)c3)c3ccc4sc5ccccc5c4c3)c2)cc1. The van der Waals surface area contributed by atoms with Crippen molar-refractivity contribution in [1.29, 1.82) is 0 Å². The molecule has 12 rings (SSSR count). The van der Waals surface area contributed by atoms with E-state index in [1.807, 2.05) is 11.3 Å². The molecule has 12 aromatic rings. The van der Waals surface area contributed by atoms with Crippen LogP contribution in [0.4, 0.5) is 17.1 Å². The lowest BCUT2D eigenvalue weighted by atomic mass is 10.0. The van der Waals surface area contributed by atoms with Gasteiger partial charge in [-0.2, -0.15) is 0 Å². The normalized spacial score (nSPS) is 11.5. The molecule has 0 fully saturated rings. The summed E-state index contributed by atoms with van der Waals surface area (Å²) in [5, 5.41) is 5.02. The van der Waals surface area contributed by atoms with Crippen LogP contribution in [-0.2, 0) is 0 Å². The molecule has 0 bridgehead atoms. The zero-order valence-corrected chi connectivity index (χ0v) is 35.2. The Morgan fingerprint density at radius 3 is 1.40 bits per heavy atom. The highest BCUT2D eigenvalue weighted by Crippen LogP contribution is 2.44. The Hall–Kier alpha value is -7.98. The Balaban J connectivity index is 1.06. The first-order valence-electron chi connectivity index (χ1n) is 21.5. The first-order chi connectivity index (χ1) is 31.2. The summed E-state index contributed by atoms with van der Waals surface area (Å²) in [6.07, 6.45) is 0. The second kappa shape index (κ2) is 15.5. The number of nitrogens with zero attached hydrogens (tertiary/aromatic N) is 2. The van der Waals surface area contributed by atoms with Crippen LogP contribution >= 0.6 is 11.3 Å². The molecule has 0 aliphatic carbocycles. The van der Waals surface area contributed by atoms with Crippen LogP contribution in [0, 0.1) is 0 Å². The average molecular weight is 821 g/mol. The van der Waals surface area contributed by atoms with E-state index in [1.165, 1.54) is 75.4 Å². The van der Waals surface area contributed by atoms with Crippen LogP contribution in [0.2, 0.25) is 0 Å². The molecule has 0 amide bonds. The van der Waals surface area contributed by atoms with Crippen molar-refractivity contribution in [2.75, 3.05) is 4.90 Å². The first-order valence-corrected chi connectivity index (χ1v) is 22.3. The summed E-state index contributed by atoms with van der Waals surface area (Å²) < 4.78 is 5.08. The van der Waals surface area contributed by atoms with Crippen LogP contribution in [0.25, 0.3) is 92.2 Å². The fourth-order valence-corrected chi connectivity index (χ4v) is 10.5. The molecule has 0 saturated heterocycles. The quantitative estimate of drug-likeness (QED) is 0.148. The van der Waals surface area contributed by atoms with Crippen molar-refractivity contribution in [2.45, 2.75) is 0 Å². The van der Waals surface area contributed by atoms with Crippen molar-refractivity contribution in [3.05, 3.63) is 243 Å². The Bertz CT molecular complexity index is 3520. The average Bonchev–Trinajstić information content (AvgIpc) is 3.90. The lowest BCUT2D eigenvalue weighted by Gasteiger charge is -2.27. The minimum atomic E-state index is 1.09. The molecule has 0 radical (unpaired) electrons. The van der Waals surface area contributed by atoms with Crippen molar-refractivity contribution in [2.24, 2.45) is 0 Å². The van der Waals surface area contributed by atoms with E-state index < -0.39 is 0 Å². The maximum atomic E-state index is 2.49. The Morgan fingerprint density at radius 2 is 0.762 bits per heavy atom. The monoisotopic (exact) mass is 820 g/mol. The molecule has 0 aliphatic rings. The highest BCUT2D eigenvalue weighted by atomic mass is 32.1. The van der Waals surface area contributed by atoms with Crippen LogP contribution in [0.15, 0.2) is 243 Å². The molecule has 2 nitrogen and oxygen atoms in total. The molecule has 10 aromatic carbocycles. The molecule has 2 heterocycles. The fourth-order valence-electron chi connectivity index (χ4n) is 9.38. The molecule has 0 N–H and O–H groups in total. The molecule has 0 aliphatic heterocycles. The number of anilines is 3. The summed E-state index contributed by atoms with van der Waals surface area (Å²) in [6, 6.07) is 88.5. The third kappa shape index (κ3) is 6.58. The first kappa shape index (κ1) is 36.8. The van der Waals surface area contributed by atoms with Gasteiger partial charge in [-0.05, 0) is 106 Å². The van der Waals surface area contributed by atoms with Crippen LogP contribution in [0.5, 0.6) is 0 Å². The Morgan fingerprint density at radius 1 is 0.286 bits per heavy atom. The van der Waals surface area contributed by atoms with Crippen molar-refractivity contribution in [3.8, 4) is 50.2 Å². The van der Waals surface area contributed by atoms with E-state index >= 15 is 0 Å². The van der Waals surface area contributed by atoms with Crippen LogP contribution in [0.1, 0.15) is 0 Å². The summed E-state index contributed by atoms with van der Waals surface area (Å²) in [5.41, 5.74) is 16.3. The van der Waals surface area contributed by atoms with E-state index in [-0.39, 0.29) is 0 Å². The van der Waals surface area contributed by atoms with Gasteiger partial charge in [0.1, 0.15) is 0 Å². The topological polar surface area (TPSA) is 8.17 Å². The molecular weight excluding hydrogens is 781 g/mol. The van der Waals surface area contributed by atoms with E-state index in [1.54, 1.807) is 0 Å². The minimum Gasteiger partial charge on any atom is -0.310 e. The highest BCUT2D eigenvalue weighted by Gasteiger charge is 2.20. The Kier molecular flexibility index (Phi) is 9.06. The standard InChI is InChI=1S/C60H40N2S/c1-4-16-41(17-5-1)44-22-14-24-48(36-44)61(50-32-35-60-55(40-50)54-27-11-13-29-59(54)63-60)49-25-15-23-47(37-49)51-26-10-12-28-56(51)62-57-38-45(42-18-6-2-7-19-42)30-33-52(57)53-34-31-46(39-58(53)62)43-20-8-3-9-21-43/h1-40H. The predicted molar refractivity (Wildman–Crippen MR) is 270 cm³/mol. The maximum absolute atomic E-state index is 2.49. The minimum absolute atomic E-state index is 1.09. The molecule has 3 heteroatoms. The number of benzene rings is 10. The summed E-state index contributed by atoms with van der Waals surface area (Å²) in [6.45, 7) is 0. The summed E-state index contributed by atoms with van der Waals surface area (Å²) >= 11 is 1.85. The molecule has 0 spiro atoms. The van der Waals surface area contributed by atoms with Gasteiger partial charge >= 0.3 is 0 Å². The lowest BCUT2D eigenvalue weighted by Crippen LogP contribution is -2.10. The maximum Gasteiger partial charge on any atom is 0.0547 e. The van der Waals surface area contributed by atoms with Crippen molar-refractivity contribution in [3.63, 3.8) is 0 Å². The third-order valence-electron chi connectivity index (χ3n) is 12.4. The fraction of sp³-hybridized carbons (Fsp3) is 0. The van der Waals surface area contributed by atoms with E-state index in [2.05, 4.69) is 252 Å². The smallest absolute Gasteiger partial charge is 0.0547 e. The number of rotatable bonds is 8. The van der Waals surface area contributed by atoms with Gasteiger partial charge in [0.15, 0.2) is 0 Å². The number of fused-ring (bicyclic) bond motifs is 6.